The Morgan fingerprint density at radius 3 is 1.95 bits per heavy atom. The van der Waals surface area contributed by atoms with Crippen LogP contribution < -0.4 is 0 Å². The van der Waals surface area contributed by atoms with E-state index in [2.05, 4.69) is 12.1 Å². The first-order valence-electron chi connectivity index (χ1n) is 6.42. The summed E-state index contributed by atoms with van der Waals surface area (Å²) in [6.45, 7) is 0. The standard InChI is InChI=1S/C17H11NOS/c19-17(16-10-5-11-20-16)18-14-8-3-1-6-12(14)13-7-2-4-9-15(13)18/h1-11H. The van der Waals surface area contributed by atoms with Crippen LogP contribution in [0.4, 0.5) is 0 Å². The smallest absolute Gasteiger partial charge is 0.272 e. The number of rotatable bonds is 1. The van der Waals surface area contributed by atoms with Crippen molar-refractivity contribution >= 4 is 39.0 Å². The van der Waals surface area contributed by atoms with Crippen LogP contribution in [-0.2, 0) is 0 Å². The van der Waals surface area contributed by atoms with Gasteiger partial charge in [0, 0.05) is 10.8 Å². The third-order valence-electron chi connectivity index (χ3n) is 3.52. The Morgan fingerprint density at radius 1 is 0.800 bits per heavy atom. The maximum Gasteiger partial charge on any atom is 0.272 e. The molecule has 2 aromatic heterocycles. The van der Waals surface area contributed by atoms with Crippen molar-refractivity contribution in [2.45, 2.75) is 0 Å². The van der Waals surface area contributed by atoms with Gasteiger partial charge in [-0.2, -0.15) is 0 Å². The van der Waals surface area contributed by atoms with E-state index in [1.54, 1.807) is 0 Å². The van der Waals surface area contributed by atoms with Gasteiger partial charge in [-0.15, -0.1) is 11.3 Å². The topological polar surface area (TPSA) is 22.0 Å². The van der Waals surface area contributed by atoms with Crippen molar-refractivity contribution in [1.29, 1.82) is 0 Å². The second kappa shape index (κ2) is 4.32. The summed E-state index contributed by atoms with van der Waals surface area (Å²) in [5.74, 6) is 0.0393. The number of carbonyl (C=O) groups excluding carboxylic acids is 1. The van der Waals surface area contributed by atoms with Gasteiger partial charge in [0.25, 0.3) is 5.91 Å². The fraction of sp³-hybridized carbons (Fsp3) is 0. The maximum absolute atomic E-state index is 12.8. The molecule has 0 unspecified atom stereocenters. The number of hydrogen-bond acceptors (Lipinski definition) is 2. The van der Waals surface area contributed by atoms with Crippen LogP contribution in [0.15, 0.2) is 66.0 Å². The zero-order chi connectivity index (χ0) is 13.5. The minimum Gasteiger partial charge on any atom is -0.275 e. The molecule has 0 N–H and O–H groups in total. The summed E-state index contributed by atoms with van der Waals surface area (Å²) in [5.41, 5.74) is 1.93. The molecule has 0 saturated heterocycles. The van der Waals surface area contributed by atoms with E-state index < -0.39 is 0 Å². The summed E-state index contributed by atoms with van der Waals surface area (Å²) in [4.78, 5) is 13.5. The van der Waals surface area contributed by atoms with Crippen LogP contribution in [0.5, 0.6) is 0 Å². The lowest BCUT2D eigenvalue weighted by molar-refractivity contribution is 0.0973. The maximum atomic E-state index is 12.8. The molecule has 4 rings (SSSR count). The largest absolute Gasteiger partial charge is 0.275 e. The molecule has 2 nitrogen and oxygen atoms in total. The normalized spacial score (nSPS) is 11.2. The van der Waals surface area contributed by atoms with Crippen molar-refractivity contribution in [3.05, 3.63) is 70.9 Å². The molecule has 0 aliphatic carbocycles. The molecule has 0 amide bonds. The molecule has 0 saturated carbocycles. The fourth-order valence-electron chi connectivity index (χ4n) is 2.65. The predicted molar refractivity (Wildman–Crippen MR) is 83.5 cm³/mol. The number of para-hydroxylation sites is 2. The summed E-state index contributed by atoms with van der Waals surface area (Å²) in [5, 5.41) is 4.17. The van der Waals surface area contributed by atoms with E-state index in [9.17, 15) is 4.79 Å². The SMILES string of the molecule is O=C(c1cccs1)n1c2ccccc2c2ccccc21. The van der Waals surface area contributed by atoms with Gasteiger partial charge in [0.2, 0.25) is 0 Å². The average molecular weight is 277 g/mol. The highest BCUT2D eigenvalue weighted by Gasteiger charge is 2.17. The third kappa shape index (κ3) is 1.53. The molecule has 0 radical (unpaired) electrons. The molecular weight excluding hydrogens is 266 g/mol. The van der Waals surface area contributed by atoms with E-state index in [1.807, 2.05) is 58.5 Å². The third-order valence-corrected chi connectivity index (χ3v) is 4.37. The highest BCUT2D eigenvalue weighted by molar-refractivity contribution is 7.12. The second-order valence-electron chi connectivity index (χ2n) is 4.65. The van der Waals surface area contributed by atoms with Gasteiger partial charge < -0.3 is 0 Å². The molecule has 0 aliphatic rings. The number of thiophene rings is 1. The monoisotopic (exact) mass is 277 g/mol. The molecule has 0 aliphatic heterocycles. The van der Waals surface area contributed by atoms with E-state index in [4.69, 9.17) is 0 Å². The van der Waals surface area contributed by atoms with E-state index in [0.29, 0.717) is 0 Å². The molecule has 20 heavy (non-hydrogen) atoms. The predicted octanol–water partition coefficient (Wildman–Crippen LogP) is 4.54. The lowest BCUT2D eigenvalue weighted by atomic mass is 10.2. The molecular formula is C17H11NOS. The van der Waals surface area contributed by atoms with Gasteiger partial charge in [-0.05, 0) is 23.6 Å². The van der Waals surface area contributed by atoms with Crippen molar-refractivity contribution in [2.75, 3.05) is 0 Å². The Bertz CT molecular complexity index is 865. The van der Waals surface area contributed by atoms with Crippen molar-refractivity contribution in [2.24, 2.45) is 0 Å². The molecule has 0 fully saturated rings. The summed E-state index contributed by atoms with van der Waals surface area (Å²) in [6, 6.07) is 19.9. The number of hydrogen-bond donors (Lipinski definition) is 0. The zero-order valence-corrected chi connectivity index (χ0v) is 11.4. The summed E-state index contributed by atoms with van der Waals surface area (Å²) < 4.78 is 1.82. The van der Waals surface area contributed by atoms with Gasteiger partial charge >= 0.3 is 0 Å². The molecule has 96 valence electrons. The van der Waals surface area contributed by atoms with Crippen molar-refractivity contribution < 1.29 is 4.79 Å². The Labute approximate surface area is 119 Å². The fourth-order valence-corrected chi connectivity index (χ4v) is 3.30. The van der Waals surface area contributed by atoms with Gasteiger partial charge in [0.15, 0.2) is 0 Å². The van der Waals surface area contributed by atoms with Crippen LogP contribution in [-0.4, -0.2) is 10.5 Å². The van der Waals surface area contributed by atoms with Crippen molar-refractivity contribution in [1.82, 2.24) is 4.57 Å². The molecule has 2 heterocycles. The quantitative estimate of drug-likeness (QED) is 0.500. The van der Waals surface area contributed by atoms with Crippen LogP contribution in [0, 0.1) is 0 Å². The van der Waals surface area contributed by atoms with Crippen molar-refractivity contribution in [3.63, 3.8) is 0 Å². The average Bonchev–Trinajstić information content (AvgIpc) is 3.13. The van der Waals surface area contributed by atoms with E-state index in [0.717, 1.165) is 26.7 Å². The van der Waals surface area contributed by atoms with E-state index >= 15 is 0 Å². The molecule has 2 aromatic carbocycles. The second-order valence-corrected chi connectivity index (χ2v) is 5.60. The Morgan fingerprint density at radius 2 is 1.40 bits per heavy atom. The number of nitrogens with zero attached hydrogens (tertiary/aromatic N) is 1. The highest BCUT2D eigenvalue weighted by atomic mass is 32.1. The van der Waals surface area contributed by atoms with Gasteiger partial charge in [-0.25, -0.2) is 0 Å². The minimum atomic E-state index is 0.0393. The van der Waals surface area contributed by atoms with Gasteiger partial charge in [-0.3, -0.25) is 9.36 Å². The first kappa shape index (κ1) is 11.4. The molecule has 3 heteroatoms. The molecule has 0 spiro atoms. The molecule has 0 bridgehead atoms. The number of fused-ring (bicyclic) bond motifs is 3. The van der Waals surface area contributed by atoms with Crippen LogP contribution >= 0.6 is 11.3 Å². The lowest BCUT2D eigenvalue weighted by Gasteiger charge is -2.03. The molecule has 0 atom stereocenters. The number of benzene rings is 2. The van der Waals surface area contributed by atoms with Gasteiger partial charge in [0.05, 0.1) is 15.9 Å². The summed E-state index contributed by atoms with van der Waals surface area (Å²) >= 11 is 1.48. The highest BCUT2D eigenvalue weighted by Crippen LogP contribution is 2.29. The minimum absolute atomic E-state index is 0.0393. The number of aromatic nitrogens is 1. The lowest BCUT2D eigenvalue weighted by Crippen LogP contribution is -2.09. The Kier molecular flexibility index (Phi) is 2.47. The van der Waals surface area contributed by atoms with Gasteiger partial charge in [0.1, 0.15) is 0 Å². The van der Waals surface area contributed by atoms with Gasteiger partial charge in [-0.1, -0.05) is 42.5 Å². The molecule has 4 aromatic rings. The summed E-state index contributed by atoms with van der Waals surface area (Å²) in [6.07, 6.45) is 0. The van der Waals surface area contributed by atoms with Crippen LogP contribution in [0.3, 0.4) is 0 Å². The van der Waals surface area contributed by atoms with E-state index in [1.165, 1.54) is 11.3 Å². The first-order valence-corrected chi connectivity index (χ1v) is 7.30. The first-order chi connectivity index (χ1) is 9.86. The Hall–Kier alpha value is -2.39. The van der Waals surface area contributed by atoms with E-state index in [-0.39, 0.29) is 5.91 Å². The Balaban J connectivity index is 2.13. The zero-order valence-electron chi connectivity index (χ0n) is 10.6. The number of carbonyl (C=O) groups is 1. The summed E-state index contributed by atoms with van der Waals surface area (Å²) in [7, 11) is 0. The van der Waals surface area contributed by atoms with Crippen LogP contribution in [0.1, 0.15) is 9.67 Å². The van der Waals surface area contributed by atoms with Crippen LogP contribution in [0.2, 0.25) is 0 Å². The van der Waals surface area contributed by atoms with Crippen molar-refractivity contribution in [3.8, 4) is 0 Å². The van der Waals surface area contributed by atoms with Crippen LogP contribution in [0.25, 0.3) is 21.8 Å².